The number of alkyl carbamates (subject to hydrolysis) is 1. The van der Waals surface area contributed by atoms with Gasteiger partial charge < -0.3 is 25.2 Å². The van der Waals surface area contributed by atoms with Crippen LogP contribution in [0.25, 0.3) is 11.1 Å². The third kappa shape index (κ3) is 7.97. The number of hydrogen-bond acceptors (Lipinski definition) is 5. The highest BCUT2D eigenvalue weighted by molar-refractivity contribution is 5.89. The van der Waals surface area contributed by atoms with Crippen LogP contribution in [0.2, 0.25) is 0 Å². The minimum absolute atomic E-state index is 0.107. The van der Waals surface area contributed by atoms with E-state index in [1.54, 1.807) is 6.92 Å². The predicted octanol–water partition coefficient (Wildman–Crippen LogP) is 5.89. The molecular weight excluding hydrogens is 532 g/mol. The first-order valence-electron chi connectivity index (χ1n) is 14.3. The number of carboxylic acids is 1. The number of rotatable bonds is 12. The molecule has 0 aliphatic heterocycles. The van der Waals surface area contributed by atoms with Crippen molar-refractivity contribution in [2.24, 2.45) is 5.41 Å². The zero-order valence-corrected chi connectivity index (χ0v) is 24.6. The van der Waals surface area contributed by atoms with E-state index in [-0.39, 0.29) is 24.5 Å². The van der Waals surface area contributed by atoms with E-state index in [2.05, 4.69) is 22.8 Å². The second kappa shape index (κ2) is 13.7. The van der Waals surface area contributed by atoms with Gasteiger partial charge in [-0.15, -0.1) is 0 Å². The van der Waals surface area contributed by atoms with Crippen molar-refractivity contribution in [1.82, 2.24) is 10.6 Å². The van der Waals surface area contributed by atoms with E-state index in [0.29, 0.717) is 12.8 Å². The monoisotopic (exact) mass is 572 g/mol. The smallest absolute Gasteiger partial charge is 0.407 e. The quantitative estimate of drug-likeness (QED) is 0.249. The van der Waals surface area contributed by atoms with Gasteiger partial charge in [0, 0.05) is 5.92 Å². The molecule has 2 amide bonds. The molecule has 1 aliphatic rings. The SMILES string of the molecule is C[C@@H](OCc1ccccc1)[C@H](NC(=O)C(CCC(C)(C)C)NC(=O)OCC1c2ccccc2-c2ccccc21)C(=O)O. The summed E-state index contributed by atoms with van der Waals surface area (Å²) in [6.07, 6.45) is -0.618. The number of benzene rings is 3. The van der Waals surface area contributed by atoms with Crippen LogP contribution in [0.3, 0.4) is 0 Å². The Hall–Kier alpha value is -4.17. The van der Waals surface area contributed by atoms with Gasteiger partial charge in [-0.05, 0) is 53.0 Å². The molecule has 222 valence electrons. The van der Waals surface area contributed by atoms with E-state index in [1.807, 2.05) is 87.5 Å². The highest BCUT2D eigenvalue weighted by atomic mass is 16.5. The van der Waals surface area contributed by atoms with Gasteiger partial charge in [0.2, 0.25) is 5.91 Å². The van der Waals surface area contributed by atoms with Crippen LogP contribution in [0.5, 0.6) is 0 Å². The summed E-state index contributed by atoms with van der Waals surface area (Å²) in [5, 5.41) is 15.2. The van der Waals surface area contributed by atoms with Crippen molar-refractivity contribution in [1.29, 1.82) is 0 Å². The van der Waals surface area contributed by atoms with Crippen molar-refractivity contribution in [2.45, 2.75) is 71.2 Å². The zero-order valence-electron chi connectivity index (χ0n) is 24.6. The van der Waals surface area contributed by atoms with Crippen molar-refractivity contribution < 1.29 is 29.0 Å². The van der Waals surface area contributed by atoms with Crippen LogP contribution in [0.15, 0.2) is 78.9 Å². The largest absolute Gasteiger partial charge is 0.480 e. The second-order valence-electron chi connectivity index (χ2n) is 11.9. The second-order valence-corrected chi connectivity index (χ2v) is 11.9. The summed E-state index contributed by atoms with van der Waals surface area (Å²) in [6.45, 7) is 8.02. The number of ether oxygens (including phenoxy) is 2. The standard InChI is InChI=1S/C34H40N2O6/c1-22(41-20-23-12-6-5-7-13-23)30(32(38)39)36-31(37)29(18-19-34(2,3)4)35-33(40)42-21-28-26-16-10-8-14-24(26)25-15-9-11-17-27(25)28/h5-17,22,28-30H,18-21H2,1-4H3,(H,35,40)(H,36,37)(H,38,39)/t22-,29?,30+/m1/s1. The number of carbonyl (C=O) groups excluding carboxylic acids is 2. The lowest BCUT2D eigenvalue weighted by Gasteiger charge is -2.27. The third-order valence-electron chi connectivity index (χ3n) is 7.52. The average Bonchev–Trinajstić information content (AvgIpc) is 3.29. The average molecular weight is 573 g/mol. The van der Waals surface area contributed by atoms with Crippen LogP contribution in [-0.4, -0.2) is 47.9 Å². The Kier molecular flexibility index (Phi) is 10.0. The Morgan fingerprint density at radius 3 is 2.00 bits per heavy atom. The Balaban J connectivity index is 1.41. The van der Waals surface area contributed by atoms with Crippen molar-refractivity contribution in [3.05, 3.63) is 95.6 Å². The Bertz CT molecular complexity index is 1340. The molecule has 8 nitrogen and oxygen atoms in total. The van der Waals surface area contributed by atoms with E-state index < -0.39 is 36.2 Å². The van der Waals surface area contributed by atoms with Crippen molar-refractivity contribution >= 4 is 18.0 Å². The Morgan fingerprint density at radius 1 is 0.857 bits per heavy atom. The maximum Gasteiger partial charge on any atom is 0.407 e. The van der Waals surface area contributed by atoms with Gasteiger partial charge in [0.25, 0.3) is 0 Å². The number of amides is 2. The molecule has 0 heterocycles. The molecule has 3 atom stereocenters. The minimum Gasteiger partial charge on any atom is -0.480 e. The topological polar surface area (TPSA) is 114 Å². The first-order chi connectivity index (χ1) is 20.0. The maximum atomic E-state index is 13.4. The minimum atomic E-state index is -1.30. The molecule has 0 saturated heterocycles. The van der Waals surface area contributed by atoms with Crippen molar-refractivity contribution in [3.63, 3.8) is 0 Å². The van der Waals surface area contributed by atoms with E-state index in [1.165, 1.54) is 0 Å². The highest BCUT2D eigenvalue weighted by Crippen LogP contribution is 2.44. The molecule has 0 fully saturated rings. The lowest BCUT2D eigenvalue weighted by Crippen LogP contribution is -2.55. The number of nitrogens with one attached hydrogen (secondary N) is 2. The number of carbonyl (C=O) groups is 3. The van der Waals surface area contributed by atoms with Crippen LogP contribution in [0, 0.1) is 5.41 Å². The molecule has 0 saturated carbocycles. The van der Waals surface area contributed by atoms with E-state index in [9.17, 15) is 19.5 Å². The van der Waals surface area contributed by atoms with Crippen molar-refractivity contribution in [3.8, 4) is 11.1 Å². The van der Waals surface area contributed by atoms with Gasteiger partial charge in [0.15, 0.2) is 6.04 Å². The van der Waals surface area contributed by atoms with Crippen LogP contribution in [0.4, 0.5) is 4.79 Å². The van der Waals surface area contributed by atoms with E-state index in [0.717, 1.165) is 27.8 Å². The van der Waals surface area contributed by atoms with Gasteiger partial charge in [-0.2, -0.15) is 0 Å². The first-order valence-corrected chi connectivity index (χ1v) is 14.3. The van der Waals surface area contributed by atoms with Crippen LogP contribution < -0.4 is 10.6 Å². The lowest BCUT2D eigenvalue weighted by molar-refractivity contribution is -0.146. The summed E-state index contributed by atoms with van der Waals surface area (Å²) in [5.41, 5.74) is 5.18. The lowest BCUT2D eigenvalue weighted by atomic mass is 9.88. The molecule has 0 radical (unpaired) electrons. The summed E-state index contributed by atoms with van der Waals surface area (Å²) in [7, 11) is 0. The summed E-state index contributed by atoms with van der Waals surface area (Å²) < 4.78 is 11.4. The molecule has 4 rings (SSSR count). The Labute approximate surface area is 247 Å². The van der Waals surface area contributed by atoms with Gasteiger partial charge in [-0.25, -0.2) is 9.59 Å². The summed E-state index contributed by atoms with van der Waals surface area (Å²) in [4.78, 5) is 38.5. The molecular formula is C34H40N2O6. The van der Waals surface area contributed by atoms with Gasteiger partial charge in [0.05, 0.1) is 12.7 Å². The van der Waals surface area contributed by atoms with E-state index >= 15 is 0 Å². The molecule has 0 aromatic heterocycles. The first kappa shape index (κ1) is 30.8. The predicted molar refractivity (Wildman–Crippen MR) is 161 cm³/mol. The van der Waals surface area contributed by atoms with Gasteiger partial charge >= 0.3 is 12.1 Å². The zero-order chi connectivity index (χ0) is 30.3. The molecule has 1 unspecified atom stereocenters. The third-order valence-corrected chi connectivity index (χ3v) is 7.52. The maximum absolute atomic E-state index is 13.4. The van der Waals surface area contributed by atoms with Gasteiger partial charge in [-0.1, -0.05) is 99.6 Å². The summed E-state index contributed by atoms with van der Waals surface area (Å²) in [5.74, 6) is -1.95. The molecule has 0 bridgehead atoms. The molecule has 8 heteroatoms. The highest BCUT2D eigenvalue weighted by Gasteiger charge is 2.33. The summed E-state index contributed by atoms with van der Waals surface area (Å²) >= 11 is 0. The van der Waals surface area contributed by atoms with E-state index in [4.69, 9.17) is 9.47 Å². The number of fused-ring (bicyclic) bond motifs is 3. The molecule has 42 heavy (non-hydrogen) atoms. The molecule has 3 aromatic carbocycles. The molecule has 0 spiro atoms. The van der Waals surface area contributed by atoms with Gasteiger partial charge in [-0.3, -0.25) is 4.79 Å². The fraction of sp³-hybridized carbons (Fsp3) is 0.382. The fourth-order valence-electron chi connectivity index (χ4n) is 5.16. The molecule has 3 aromatic rings. The normalized spacial score (nSPS) is 14.7. The number of carboxylic acid groups (broad SMARTS) is 1. The summed E-state index contributed by atoms with van der Waals surface area (Å²) in [6, 6.07) is 23.2. The van der Waals surface area contributed by atoms with Crippen LogP contribution in [-0.2, 0) is 25.7 Å². The van der Waals surface area contributed by atoms with Crippen LogP contribution >= 0.6 is 0 Å². The van der Waals surface area contributed by atoms with Crippen molar-refractivity contribution in [2.75, 3.05) is 6.61 Å². The number of hydrogen-bond donors (Lipinski definition) is 3. The molecule has 1 aliphatic carbocycles. The molecule has 3 N–H and O–H groups in total. The van der Waals surface area contributed by atoms with Gasteiger partial charge in [0.1, 0.15) is 12.6 Å². The Morgan fingerprint density at radius 2 is 1.43 bits per heavy atom. The fourth-order valence-corrected chi connectivity index (χ4v) is 5.16. The van der Waals surface area contributed by atoms with Crippen LogP contribution in [0.1, 0.15) is 63.1 Å². The number of aliphatic carboxylic acids is 1.